The molecular formula is C16H22F2N2O3. The summed E-state index contributed by atoms with van der Waals surface area (Å²) in [7, 11) is 1.45. The van der Waals surface area contributed by atoms with Gasteiger partial charge in [0.05, 0.1) is 12.5 Å². The lowest BCUT2D eigenvalue weighted by molar-refractivity contribution is -0.130. The highest BCUT2D eigenvalue weighted by Gasteiger charge is 2.39. The van der Waals surface area contributed by atoms with Crippen LogP contribution in [0.5, 0.6) is 11.5 Å². The highest BCUT2D eigenvalue weighted by atomic mass is 19.3. The Hall–Kier alpha value is -1.89. The van der Waals surface area contributed by atoms with Crippen molar-refractivity contribution in [3.05, 3.63) is 23.8 Å². The molecule has 2 N–H and O–H groups in total. The van der Waals surface area contributed by atoms with Gasteiger partial charge >= 0.3 is 6.61 Å². The molecule has 1 amide bonds. The van der Waals surface area contributed by atoms with Crippen molar-refractivity contribution in [1.82, 2.24) is 10.6 Å². The van der Waals surface area contributed by atoms with E-state index in [0.717, 1.165) is 19.4 Å². The third kappa shape index (κ3) is 4.10. The summed E-state index contributed by atoms with van der Waals surface area (Å²) >= 11 is 0. The van der Waals surface area contributed by atoms with E-state index in [2.05, 4.69) is 15.4 Å². The van der Waals surface area contributed by atoms with Gasteiger partial charge in [0.25, 0.3) is 0 Å². The van der Waals surface area contributed by atoms with Crippen molar-refractivity contribution in [1.29, 1.82) is 0 Å². The lowest BCUT2D eigenvalue weighted by Gasteiger charge is -2.25. The van der Waals surface area contributed by atoms with E-state index in [4.69, 9.17) is 4.74 Å². The number of halogens is 2. The standard InChI is InChI=1S/C16H22F2N2O3/c1-3-16(6-7-19-10-16)14(21)20-9-11-4-5-12(22-2)8-13(11)23-15(17)18/h4-5,8,15,19H,3,6-7,9-10H2,1-2H3,(H,20,21). The number of ether oxygens (including phenoxy) is 2. The molecule has 1 fully saturated rings. The minimum atomic E-state index is -2.93. The van der Waals surface area contributed by atoms with Gasteiger partial charge in [-0.25, -0.2) is 0 Å². The number of hydrogen-bond acceptors (Lipinski definition) is 4. The van der Waals surface area contributed by atoms with E-state index >= 15 is 0 Å². The summed E-state index contributed by atoms with van der Waals surface area (Å²) in [5, 5.41) is 6.03. The summed E-state index contributed by atoms with van der Waals surface area (Å²) in [6.45, 7) is 0.623. The van der Waals surface area contributed by atoms with Crippen LogP contribution in [0.15, 0.2) is 18.2 Å². The number of methoxy groups -OCH3 is 1. The van der Waals surface area contributed by atoms with E-state index in [1.807, 2.05) is 6.92 Å². The highest BCUT2D eigenvalue weighted by Crippen LogP contribution is 2.30. The van der Waals surface area contributed by atoms with Gasteiger partial charge in [0, 0.05) is 24.7 Å². The normalized spacial score (nSPS) is 20.6. The number of rotatable bonds is 7. The number of benzene rings is 1. The van der Waals surface area contributed by atoms with Crippen LogP contribution >= 0.6 is 0 Å². The number of hydrogen-bond donors (Lipinski definition) is 2. The number of carbonyl (C=O) groups excluding carboxylic acids is 1. The van der Waals surface area contributed by atoms with Gasteiger partial charge in [0.2, 0.25) is 5.91 Å². The van der Waals surface area contributed by atoms with Crippen molar-refractivity contribution in [3.8, 4) is 11.5 Å². The van der Waals surface area contributed by atoms with Crippen LogP contribution in [-0.2, 0) is 11.3 Å². The monoisotopic (exact) mass is 328 g/mol. The minimum Gasteiger partial charge on any atom is -0.497 e. The Kier molecular flexibility index (Phi) is 5.76. The van der Waals surface area contributed by atoms with E-state index in [1.165, 1.54) is 13.2 Å². The Balaban J connectivity index is 2.08. The third-order valence-electron chi connectivity index (χ3n) is 4.33. The van der Waals surface area contributed by atoms with Gasteiger partial charge in [0.1, 0.15) is 11.5 Å². The molecule has 7 heteroatoms. The van der Waals surface area contributed by atoms with E-state index in [1.54, 1.807) is 12.1 Å². The lowest BCUT2D eigenvalue weighted by Crippen LogP contribution is -2.41. The Morgan fingerprint density at radius 1 is 1.48 bits per heavy atom. The molecule has 1 saturated heterocycles. The quantitative estimate of drug-likeness (QED) is 0.806. The SMILES string of the molecule is CCC1(C(=O)NCc2ccc(OC)cc2OC(F)F)CCNC1. The zero-order valence-corrected chi connectivity index (χ0v) is 13.3. The third-order valence-corrected chi connectivity index (χ3v) is 4.33. The number of carbonyl (C=O) groups is 1. The summed E-state index contributed by atoms with van der Waals surface area (Å²) in [6, 6.07) is 4.65. The smallest absolute Gasteiger partial charge is 0.387 e. The van der Waals surface area contributed by atoms with Crippen molar-refractivity contribution in [3.63, 3.8) is 0 Å². The van der Waals surface area contributed by atoms with Crippen molar-refractivity contribution in [2.45, 2.75) is 32.9 Å². The fraction of sp³-hybridized carbons (Fsp3) is 0.562. The van der Waals surface area contributed by atoms with Crippen molar-refractivity contribution in [2.75, 3.05) is 20.2 Å². The molecule has 0 radical (unpaired) electrons. The fourth-order valence-electron chi connectivity index (χ4n) is 2.78. The largest absolute Gasteiger partial charge is 0.497 e. The van der Waals surface area contributed by atoms with Gasteiger partial charge in [-0.2, -0.15) is 8.78 Å². The van der Waals surface area contributed by atoms with Crippen molar-refractivity contribution < 1.29 is 23.0 Å². The summed E-state index contributed by atoms with van der Waals surface area (Å²) < 4.78 is 34.6. The molecule has 1 aliphatic heterocycles. The van der Waals surface area contributed by atoms with Gasteiger partial charge in [-0.05, 0) is 31.5 Å². The molecule has 0 aliphatic carbocycles. The summed E-state index contributed by atoms with van der Waals surface area (Å²) in [5.74, 6) is 0.360. The summed E-state index contributed by atoms with van der Waals surface area (Å²) in [6.07, 6.45) is 1.51. The average molecular weight is 328 g/mol. The molecule has 1 aliphatic rings. The fourth-order valence-corrected chi connectivity index (χ4v) is 2.78. The molecule has 0 spiro atoms. The Labute approximate surface area is 134 Å². The maximum absolute atomic E-state index is 12.5. The van der Waals surface area contributed by atoms with Gasteiger partial charge < -0.3 is 20.1 Å². The van der Waals surface area contributed by atoms with Crippen LogP contribution in [0.2, 0.25) is 0 Å². The van der Waals surface area contributed by atoms with E-state index in [0.29, 0.717) is 17.9 Å². The molecule has 23 heavy (non-hydrogen) atoms. The minimum absolute atomic E-state index is 0.00902. The molecule has 0 aromatic heterocycles. The maximum atomic E-state index is 12.5. The van der Waals surface area contributed by atoms with E-state index < -0.39 is 12.0 Å². The first-order chi connectivity index (χ1) is 11.0. The van der Waals surface area contributed by atoms with E-state index in [-0.39, 0.29) is 18.2 Å². The molecule has 1 aromatic carbocycles. The van der Waals surface area contributed by atoms with E-state index in [9.17, 15) is 13.6 Å². The van der Waals surface area contributed by atoms with Crippen LogP contribution in [0.4, 0.5) is 8.78 Å². The molecule has 0 bridgehead atoms. The second-order valence-electron chi connectivity index (χ2n) is 5.60. The zero-order chi connectivity index (χ0) is 16.9. The van der Waals surface area contributed by atoms with Gasteiger partial charge in [-0.3, -0.25) is 4.79 Å². The van der Waals surface area contributed by atoms with Crippen LogP contribution in [0.1, 0.15) is 25.3 Å². The van der Waals surface area contributed by atoms with Gasteiger partial charge in [0.15, 0.2) is 0 Å². The van der Waals surface area contributed by atoms with Crippen LogP contribution in [0, 0.1) is 5.41 Å². The van der Waals surface area contributed by atoms with Crippen LogP contribution < -0.4 is 20.1 Å². The predicted molar refractivity (Wildman–Crippen MR) is 81.7 cm³/mol. The molecule has 128 valence electrons. The Bertz CT molecular complexity index is 546. The number of amides is 1. The van der Waals surface area contributed by atoms with Crippen LogP contribution in [-0.4, -0.2) is 32.7 Å². The second-order valence-corrected chi connectivity index (χ2v) is 5.60. The Morgan fingerprint density at radius 3 is 2.83 bits per heavy atom. The molecule has 1 heterocycles. The number of alkyl halides is 2. The molecule has 1 aromatic rings. The first-order valence-corrected chi connectivity index (χ1v) is 7.61. The first kappa shape index (κ1) is 17.5. The summed E-state index contributed by atoms with van der Waals surface area (Å²) in [5.41, 5.74) is 0.0626. The predicted octanol–water partition coefficient (Wildman–Crippen LogP) is 2.30. The van der Waals surface area contributed by atoms with Gasteiger partial charge in [-0.15, -0.1) is 0 Å². The maximum Gasteiger partial charge on any atom is 0.387 e. The molecule has 2 rings (SSSR count). The second kappa shape index (κ2) is 7.59. The Morgan fingerprint density at radius 2 is 2.26 bits per heavy atom. The van der Waals surface area contributed by atoms with Crippen molar-refractivity contribution in [2.24, 2.45) is 5.41 Å². The lowest BCUT2D eigenvalue weighted by atomic mass is 9.83. The van der Waals surface area contributed by atoms with Crippen LogP contribution in [0.25, 0.3) is 0 Å². The number of nitrogens with one attached hydrogen (secondary N) is 2. The van der Waals surface area contributed by atoms with Gasteiger partial charge in [-0.1, -0.05) is 6.92 Å². The molecule has 1 atom stereocenters. The summed E-state index contributed by atoms with van der Waals surface area (Å²) in [4.78, 5) is 12.5. The molecule has 0 saturated carbocycles. The first-order valence-electron chi connectivity index (χ1n) is 7.61. The topological polar surface area (TPSA) is 59.6 Å². The molecular weight excluding hydrogens is 306 g/mol. The average Bonchev–Trinajstić information content (AvgIpc) is 3.03. The highest BCUT2D eigenvalue weighted by molar-refractivity contribution is 5.83. The molecule has 5 nitrogen and oxygen atoms in total. The van der Waals surface area contributed by atoms with Crippen LogP contribution in [0.3, 0.4) is 0 Å². The van der Waals surface area contributed by atoms with Crippen molar-refractivity contribution >= 4 is 5.91 Å². The molecule has 1 unspecified atom stereocenters. The zero-order valence-electron chi connectivity index (χ0n) is 13.3.